The Morgan fingerprint density at radius 1 is 0.396 bits per heavy atom. The smallest absolute Gasteiger partial charge is 0.162 e. The van der Waals surface area contributed by atoms with E-state index >= 15 is 0 Å². The van der Waals surface area contributed by atoms with Crippen molar-refractivity contribution in [3.63, 3.8) is 0 Å². The molecular formula is C44H26N4. The second-order valence-corrected chi connectivity index (χ2v) is 12.6. The zero-order valence-corrected chi connectivity index (χ0v) is 25.8. The molecule has 0 saturated carbocycles. The summed E-state index contributed by atoms with van der Waals surface area (Å²) in [6.45, 7) is 0. The SMILES string of the molecule is c1ccc(-c2cc(-n3c4ccccc4c4ccc5ccc6c7cccc8c9ccccc9n(c87)c6c5c43)nc(-c3ccccc3)n2)cc1. The van der Waals surface area contributed by atoms with Crippen LogP contribution in [0, 0.1) is 0 Å². The zero-order chi connectivity index (χ0) is 31.3. The van der Waals surface area contributed by atoms with Gasteiger partial charge in [0.15, 0.2) is 5.82 Å². The Bertz CT molecular complexity index is 2980. The van der Waals surface area contributed by atoms with E-state index in [9.17, 15) is 0 Å². The highest BCUT2D eigenvalue weighted by atomic mass is 15.1. The van der Waals surface area contributed by atoms with Crippen LogP contribution in [-0.4, -0.2) is 18.9 Å². The number of benzene rings is 7. The zero-order valence-electron chi connectivity index (χ0n) is 25.8. The highest BCUT2D eigenvalue weighted by molar-refractivity contribution is 6.32. The van der Waals surface area contributed by atoms with Crippen LogP contribution < -0.4 is 0 Å². The van der Waals surface area contributed by atoms with E-state index in [-0.39, 0.29) is 0 Å². The molecule has 0 atom stereocenters. The van der Waals surface area contributed by atoms with Crippen LogP contribution in [0.1, 0.15) is 0 Å². The third kappa shape index (κ3) is 3.38. The van der Waals surface area contributed by atoms with Gasteiger partial charge in [-0.05, 0) is 17.5 Å². The molecule has 11 aromatic rings. The standard InChI is InChI=1S/C44H26N4/c1-3-12-27(13-4-1)36-26-39(46-44(45-36)29-14-5-2-6-15-29)47-37-20-9-7-17-31(37)34-24-22-28-23-25-35-33-19-11-18-32-30-16-8-10-21-38(30)48(41(32)33)43(35)40(28)42(34)47/h1-26H. The molecule has 0 aliphatic heterocycles. The van der Waals surface area contributed by atoms with Crippen molar-refractivity contribution < 1.29 is 0 Å². The molecule has 4 aromatic heterocycles. The van der Waals surface area contributed by atoms with Gasteiger partial charge in [0.1, 0.15) is 5.82 Å². The van der Waals surface area contributed by atoms with Gasteiger partial charge in [-0.25, -0.2) is 9.97 Å². The van der Waals surface area contributed by atoms with Crippen LogP contribution >= 0.6 is 0 Å². The third-order valence-electron chi connectivity index (χ3n) is 10.0. The van der Waals surface area contributed by atoms with Crippen LogP contribution in [0.3, 0.4) is 0 Å². The van der Waals surface area contributed by atoms with Crippen molar-refractivity contribution >= 4 is 70.7 Å². The molecule has 0 bridgehead atoms. The molecule has 0 N–H and O–H groups in total. The number of hydrogen-bond donors (Lipinski definition) is 0. The van der Waals surface area contributed by atoms with Gasteiger partial charge in [0, 0.05) is 54.9 Å². The molecule has 0 aliphatic carbocycles. The molecule has 4 heteroatoms. The number of nitrogens with zero attached hydrogens (tertiary/aromatic N) is 4. The fourth-order valence-electron chi connectivity index (χ4n) is 8.03. The van der Waals surface area contributed by atoms with E-state index in [1.807, 2.05) is 24.3 Å². The van der Waals surface area contributed by atoms with Crippen LogP contribution in [-0.2, 0) is 0 Å². The summed E-state index contributed by atoms with van der Waals surface area (Å²) in [5.41, 5.74) is 8.94. The van der Waals surface area contributed by atoms with Crippen LogP contribution in [0.25, 0.3) is 99.1 Å². The molecule has 0 unspecified atom stereocenters. The normalized spacial score (nSPS) is 12.2. The lowest BCUT2D eigenvalue weighted by atomic mass is 10.0. The first-order valence-electron chi connectivity index (χ1n) is 16.4. The van der Waals surface area contributed by atoms with Crippen molar-refractivity contribution in [2.75, 3.05) is 0 Å². The van der Waals surface area contributed by atoms with Crippen LogP contribution in [0.2, 0.25) is 0 Å². The van der Waals surface area contributed by atoms with Gasteiger partial charge in [-0.15, -0.1) is 0 Å². The van der Waals surface area contributed by atoms with Crippen molar-refractivity contribution in [3.8, 4) is 28.5 Å². The predicted molar refractivity (Wildman–Crippen MR) is 199 cm³/mol. The Kier molecular flexibility index (Phi) is 5.08. The van der Waals surface area contributed by atoms with Gasteiger partial charge in [-0.2, -0.15) is 0 Å². The molecule has 0 amide bonds. The van der Waals surface area contributed by atoms with Gasteiger partial charge in [0.25, 0.3) is 0 Å². The Hall–Kier alpha value is -6.52. The number of hydrogen-bond acceptors (Lipinski definition) is 2. The quantitative estimate of drug-likeness (QED) is 0.199. The van der Waals surface area contributed by atoms with E-state index in [0.717, 1.165) is 33.7 Å². The first-order valence-corrected chi connectivity index (χ1v) is 16.4. The van der Waals surface area contributed by atoms with Crippen LogP contribution in [0.15, 0.2) is 158 Å². The first kappa shape index (κ1) is 25.6. The number of fused-ring (bicyclic) bond motifs is 12. The molecule has 48 heavy (non-hydrogen) atoms. The fraction of sp³-hybridized carbons (Fsp3) is 0. The lowest BCUT2D eigenvalue weighted by Gasteiger charge is -2.13. The van der Waals surface area contributed by atoms with Crippen molar-refractivity contribution in [1.82, 2.24) is 18.9 Å². The Morgan fingerprint density at radius 3 is 1.71 bits per heavy atom. The topological polar surface area (TPSA) is 35.1 Å². The van der Waals surface area contributed by atoms with E-state index in [1.165, 1.54) is 59.6 Å². The van der Waals surface area contributed by atoms with E-state index in [0.29, 0.717) is 5.82 Å². The third-order valence-corrected chi connectivity index (χ3v) is 10.0. The molecule has 0 aliphatic rings. The monoisotopic (exact) mass is 610 g/mol. The van der Waals surface area contributed by atoms with E-state index in [1.54, 1.807) is 0 Å². The molecule has 0 saturated heterocycles. The summed E-state index contributed by atoms with van der Waals surface area (Å²) < 4.78 is 4.88. The molecular weight excluding hydrogens is 585 g/mol. The minimum absolute atomic E-state index is 0.703. The summed E-state index contributed by atoms with van der Waals surface area (Å²) in [5.74, 6) is 1.55. The fourth-order valence-corrected chi connectivity index (χ4v) is 8.03. The van der Waals surface area contributed by atoms with Gasteiger partial charge in [0.05, 0.1) is 33.3 Å². The Morgan fingerprint density at radius 2 is 0.958 bits per heavy atom. The Labute approximate surface area is 275 Å². The summed E-state index contributed by atoms with van der Waals surface area (Å²) in [4.78, 5) is 10.5. The molecule has 222 valence electrons. The maximum absolute atomic E-state index is 5.34. The molecule has 11 rings (SSSR count). The molecule has 7 aromatic carbocycles. The largest absolute Gasteiger partial charge is 0.307 e. The average Bonchev–Trinajstić information content (AvgIpc) is 3.80. The molecule has 4 nitrogen and oxygen atoms in total. The number of para-hydroxylation sites is 3. The highest BCUT2D eigenvalue weighted by Gasteiger charge is 2.23. The first-order chi connectivity index (χ1) is 23.8. The predicted octanol–water partition coefficient (Wildman–Crippen LogP) is 11.2. The molecule has 0 spiro atoms. The van der Waals surface area contributed by atoms with Gasteiger partial charge < -0.3 is 4.40 Å². The van der Waals surface area contributed by atoms with Gasteiger partial charge >= 0.3 is 0 Å². The van der Waals surface area contributed by atoms with Crippen molar-refractivity contribution in [2.45, 2.75) is 0 Å². The van der Waals surface area contributed by atoms with E-state index in [4.69, 9.17) is 9.97 Å². The van der Waals surface area contributed by atoms with Gasteiger partial charge in [-0.1, -0.05) is 140 Å². The number of rotatable bonds is 3. The summed E-state index contributed by atoms with van der Waals surface area (Å²) in [7, 11) is 0. The molecule has 0 fully saturated rings. The maximum Gasteiger partial charge on any atom is 0.162 e. The van der Waals surface area contributed by atoms with Gasteiger partial charge in [0.2, 0.25) is 0 Å². The van der Waals surface area contributed by atoms with Crippen LogP contribution in [0.5, 0.6) is 0 Å². The molecule has 4 heterocycles. The van der Waals surface area contributed by atoms with Gasteiger partial charge in [-0.3, -0.25) is 4.57 Å². The van der Waals surface area contributed by atoms with E-state index in [2.05, 4.69) is 142 Å². The highest BCUT2D eigenvalue weighted by Crippen LogP contribution is 2.45. The summed E-state index contributed by atoms with van der Waals surface area (Å²) in [5, 5.41) is 9.93. The summed E-state index contributed by atoms with van der Waals surface area (Å²) in [6, 6.07) is 56.3. The Balaban J connectivity index is 1.37. The number of aromatic nitrogens is 4. The second kappa shape index (κ2) is 9.50. The van der Waals surface area contributed by atoms with E-state index < -0.39 is 0 Å². The minimum atomic E-state index is 0.703. The second-order valence-electron chi connectivity index (χ2n) is 12.6. The maximum atomic E-state index is 5.34. The lowest BCUT2D eigenvalue weighted by Crippen LogP contribution is -2.03. The lowest BCUT2D eigenvalue weighted by molar-refractivity contribution is 1.05. The van der Waals surface area contributed by atoms with Crippen LogP contribution in [0.4, 0.5) is 0 Å². The molecule has 0 radical (unpaired) electrons. The van der Waals surface area contributed by atoms with Crippen molar-refractivity contribution in [1.29, 1.82) is 0 Å². The summed E-state index contributed by atoms with van der Waals surface area (Å²) >= 11 is 0. The average molecular weight is 611 g/mol. The van der Waals surface area contributed by atoms with Crippen molar-refractivity contribution in [3.05, 3.63) is 158 Å². The van der Waals surface area contributed by atoms with Crippen molar-refractivity contribution in [2.24, 2.45) is 0 Å². The summed E-state index contributed by atoms with van der Waals surface area (Å²) in [6.07, 6.45) is 0. The minimum Gasteiger partial charge on any atom is -0.307 e.